The molecular formula is C14H16ClN3O2. The second kappa shape index (κ2) is 5.96. The Morgan fingerprint density at radius 2 is 1.95 bits per heavy atom. The van der Waals surface area contributed by atoms with Gasteiger partial charge in [-0.1, -0.05) is 29.8 Å². The molecule has 0 radical (unpaired) electrons. The van der Waals surface area contributed by atoms with E-state index in [1.807, 2.05) is 18.7 Å². The van der Waals surface area contributed by atoms with Crippen molar-refractivity contribution in [3.05, 3.63) is 39.6 Å². The lowest BCUT2D eigenvalue weighted by molar-refractivity contribution is 0.453. The SMILES string of the molecule is CCN(CC)c1nc(O)c(-c2ccccc2Cl)c(=O)[nH]1. The molecule has 1 aromatic heterocycles. The maximum absolute atomic E-state index is 12.2. The first kappa shape index (κ1) is 14.4. The first-order valence-electron chi connectivity index (χ1n) is 6.41. The van der Waals surface area contributed by atoms with E-state index in [0.29, 0.717) is 29.6 Å². The van der Waals surface area contributed by atoms with Crippen LogP contribution in [0.1, 0.15) is 13.8 Å². The van der Waals surface area contributed by atoms with Crippen molar-refractivity contribution < 1.29 is 5.11 Å². The van der Waals surface area contributed by atoms with Crippen LogP contribution in [-0.2, 0) is 0 Å². The number of aromatic nitrogens is 2. The van der Waals surface area contributed by atoms with Crippen molar-refractivity contribution in [1.29, 1.82) is 0 Å². The molecule has 0 aliphatic heterocycles. The number of rotatable bonds is 4. The molecular weight excluding hydrogens is 278 g/mol. The standard InChI is InChI=1S/C14H16ClN3O2/c1-3-18(4-2)14-16-12(19)11(13(20)17-14)9-7-5-6-8-10(9)15/h5-8H,3-4H2,1-2H3,(H2,16,17,19,20). The second-order valence-electron chi connectivity index (χ2n) is 4.24. The lowest BCUT2D eigenvalue weighted by Gasteiger charge is -2.19. The highest BCUT2D eigenvalue weighted by atomic mass is 35.5. The van der Waals surface area contributed by atoms with Crippen LogP contribution in [0.5, 0.6) is 5.88 Å². The largest absolute Gasteiger partial charge is 0.493 e. The summed E-state index contributed by atoms with van der Waals surface area (Å²) in [5.41, 5.74) is 0.144. The fraction of sp³-hybridized carbons (Fsp3) is 0.286. The highest BCUT2D eigenvalue weighted by Crippen LogP contribution is 2.30. The van der Waals surface area contributed by atoms with Crippen LogP contribution in [0.15, 0.2) is 29.1 Å². The minimum absolute atomic E-state index is 0.0894. The molecule has 0 spiro atoms. The summed E-state index contributed by atoms with van der Waals surface area (Å²) < 4.78 is 0. The molecule has 0 saturated carbocycles. The summed E-state index contributed by atoms with van der Waals surface area (Å²) in [5, 5.41) is 10.5. The Kier molecular flexibility index (Phi) is 4.29. The van der Waals surface area contributed by atoms with E-state index in [2.05, 4.69) is 9.97 Å². The molecule has 2 rings (SSSR count). The zero-order valence-corrected chi connectivity index (χ0v) is 12.1. The number of halogens is 1. The lowest BCUT2D eigenvalue weighted by Crippen LogP contribution is -2.27. The van der Waals surface area contributed by atoms with Crippen molar-refractivity contribution in [1.82, 2.24) is 9.97 Å². The van der Waals surface area contributed by atoms with Crippen LogP contribution in [0.2, 0.25) is 5.02 Å². The number of H-pyrrole nitrogens is 1. The molecule has 0 amide bonds. The predicted molar refractivity (Wildman–Crippen MR) is 80.5 cm³/mol. The number of aromatic amines is 1. The number of hydrogen-bond donors (Lipinski definition) is 2. The van der Waals surface area contributed by atoms with E-state index >= 15 is 0 Å². The molecule has 0 aliphatic rings. The van der Waals surface area contributed by atoms with E-state index in [9.17, 15) is 9.90 Å². The average molecular weight is 294 g/mol. The average Bonchev–Trinajstić information content (AvgIpc) is 2.41. The van der Waals surface area contributed by atoms with Gasteiger partial charge in [0.15, 0.2) is 0 Å². The van der Waals surface area contributed by atoms with E-state index in [1.54, 1.807) is 24.3 Å². The van der Waals surface area contributed by atoms with Gasteiger partial charge in [0.2, 0.25) is 11.8 Å². The van der Waals surface area contributed by atoms with Gasteiger partial charge in [-0.3, -0.25) is 9.78 Å². The van der Waals surface area contributed by atoms with Crippen molar-refractivity contribution in [3.63, 3.8) is 0 Å². The topological polar surface area (TPSA) is 69.2 Å². The molecule has 6 heteroatoms. The van der Waals surface area contributed by atoms with Gasteiger partial charge in [-0.25, -0.2) is 0 Å². The van der Waals surface area contributed by atoms with Gasteiger partial charge in [0.05, 0.1) is 0 Å². The first-order valence-corrected chi connectivity index (χ1v) is 6.79. The van der Waals surface area contributed by atoms with Crippen LogP contribution in [0.4, 0.5) is 5.95 Å². The lowest BCUT2D eigenvalue weighted by atomic mass is 10.1. The Balaban J connectivity index is 2.58. The van der Waals surface area contributed by atoms with Gasteiger partial charge >= 0.3 is 0 Å². The van der Waals surface area contributed by atoms with Crippen molar-refractivity contribution in [2.75, 3.05) is 18.0 Å². The number of benzene rings is 1. The van der Waals surface area contributed by atoms with Crippen LogP contribution in [-0.4, -0.2) is 28.2 Å². The van der Waals surface area contributed by atoms with Gasteiger partial charge in [0.1, 0.15) is 5.56 Å². The van der Waals surface area contributed by atoms with Crippen molar-refractivity contribution in [2.45, 2.75) is 13.8 Å². The Labute approximate surface area is 121 Å². The maximum atomic E-state index is 12.2. The Hall–Kier alpha value is -2.01. The quantitative estimate of drug-likeness (QED) is 0.909. The van der Waals surface area contributed by atoms with Crippen molar-refractivity contribution in [2.24, 2.45) is 0 Å². The summed E-state index contributed by atoms with van der Waals surface area (Å²) >= 11 is 6.06. The summed E-state index contributed by atoms with van der Waals surface area (Å²) in [6.07, 6.45) is 0. The van der Waals surface area contributed by atoms with E-state index in [-0.39, 0.29) is 11.4 Å². The molecule has 0 aliphatic carbocycles. The van der Waals surface area contributed by atoms with Crippen LogP contribution in [0, 0.1) is 0 Å². The molecule has 0 atom stereocenters. The summed E-state index contributed by atoms with van der Waals surface area (Å²) in [7, 11) is 0. The second-order valence-corrected chi connectivity index (χ2v) is 4.65. The molecule has 2 aromatic rings. The molecule has 2 N–H and O–H groups in total. The summed E-state index contributed by atoms with van der Waals surface area (Å²) in [4.78, 5) is 20.8. The summed E-state index contributed by atoms with van der Waals surface area (Å²) in [6, 6.07) is 6.84. The maximum Gasteiger partial charge on any atom is 0.264 e. The smallest absolute Gasteiger partial charge is 0.264 e. The number of anilines is 1. The van der Waals surface area contributed by atoms with Crippen molar-refractivity contribution >= 4 is 17.5 Å². The van der Waals surface area contributed by atoms with Crippen LogP contribution >= 0.6 is 11.6 Å². The fourth-order valence-electron chi connectivity index (χ4n) is 2.03. The van der Waals surface area contributed by atoms with E-state index in [4.69, 9.17) is 11.6 Å². The van der Waals surface area contributed by atoms with Gasteiger partial charge in [-0.2, -0.15) is 4.98 Å². The molecule has 1 heterocycles. The summed E-state index contributed by atoms with van der Waals surface area (Å²) in [5.74, 6) is 0.0389. The number of aromatic hydroxyl groups is 1. The fourth-order valence-corrected chi connectivity index (χ4v) is 2.26. The molecule has 0 fully saturated rings. The molecule has 1 aromatic carbocycles. The first-order chi connectivity index (χ1) is 9.58. The normalized spacial score (nSPS) is 10.6. The monoisotopic (exact) mass is 293 g/mol. The third-order valence-electron chi connectivity index (χ3n) is 3.09. The van der Waals surface area contributed by atoms with Crippen molar-refractivity contribution in [3.8, 4) is 17.0 Å². The highest BCUT2D eigenvalue weighted by Gasteiger charge is 2.17. The summed E-state index contributed by atoms with van der Waals surface area (Å²) in [6.45, 7) is 5.26. The van der Waals surface area contributed by atoms with Gasteiger partial charge in [-0.15, -0.1) is 0 Å². The highest BCUT2D eigenvalue weighted by molar-refractivity contribution is 6.33. The van der Waals surface area contributed by atoms with Gasteiger partial charge in [0.25, 0.3) is 5.56 Å². The Morgan fingerprint density at radius 1 is 1.30 bits per heavy atom. The van der Waals surface area contributed by atoms with Gasteiger partial charge in [0, 0.05) is 23.7 Å². The molecule has 0 bridgehead atoms. The predicted octanol–water partition coefficient (Wildman–Crippen LogP) is 2.64. The third-order valence-corrected chi connectivity index (χ3v) is 3.42. The van der Waals surface area contributed by atoms with Crippen LogP contribution in [0.25, 0.3) is 11.1 Å². The zero-order chi connectivity index (χ0) is 14.7. The zero-order valence-electron chi connectivity index (χ0n) is 11.4. The molecule has 0 saturated heterocycles. The third kappa shape index (κ3) is 2.63. The number of hydrogen-bond acceptors (Lipinski definition) is 4. The van der Waals surface area contributed by atoms with E-state index in [1.165, 1.54) is 0 Å². The number of nitrogens with one attached hydrogen (secondary N) is 1. The Morgan fingerprint density at radius 3 is 2.50 bits per heavy atom. The minimum Gasteiger partial charge on any atom is -0.493 e. The van der Waals surface area contributed by atoms with Crippen LogP contribution < -0.4 is 10.5 Å². The molecule has 0 unspecified atom stereocenters. The van der Waals surface area contributed by atoms with Gasteiger partial charge in [-0.05, 0) is 19.9 Å². The minimum atomic E-state index is -0.410. The van der Waals surface area contributed by atoms with Crippen LogP contribution in [0.3, 0.4) is 0 Å². The van der Waals surface area contributed by atoms with E-state index < -0.39 is 5.56 Å². The number of nitrogens with zero attached hydrogens (tertiary/aromatic N) is 2. The Bertz CT molecular complexity index is 666. The molecule has 106 valence electrons. The van der Waals surface area contributed by atoms with E-state index in [0.717, 1.165) is 0 Å². The van der Waals surface area contributed by atoms with Gasteiger partial charge < -0.3 is 10.0 Å². The molecule has 5 nitrogen and oxygen atoms in total. The molecule has 20 heavy (non-hydrogen) atoms.